The first-order chi connectivity index (χ1) is 16.5. The van der Waals surface area contributed by atoms with Gasteiger partial charge >= 0.3 is 0 Å². The molecule has 2 aromatic carbocycles. The predicted octanol–water partition coefficient (Wildman–Crippen LogP) is 4.97. The molecule has 4 rings (SSSR count). The number of hydrogen-bond donors (Lipinski definition) is 0. The molecule has 0 N–H and O–H groups in total. The van der Waals surface area contributed by atoms with Crippen LogP contribution in [0.2, 0.25) is 0 Å². The Kier molecular flexibility index (Phi) is 7.12. The minimum atomic E-state index is 0.546. The van der Waals surface area contributed by atoms with Crippen LogP contribution in [0.1, 0.15) is 11.1 Å². The third-order valence-electron chi connectivity index (χ3n) is 5.70. The van der Waals surface area contributed by atoms with Gasteiger partial charge in [0, 0.05) is 49.6 Å². The summed E-state index contributed by atoms with van der Waals surface area (Å²) in [5.74, 6) is 3.75. The summed E-state index contributed by atoms with van der Waals surface area (Å²) >= 11 is 3.61. The van der Waals surface area contributed by atoms with Gasteiger partial charge in [-0.2, -0.15) is 0 Å². The highest BCUT2D eigenvalue weighted by Crippen LogP contribution is 2.33. The molecule has 8 nitrogen and oxygen atoms in total. The van der Waals surface area contributed by atoms with E-state index in [-0.39, 0.29) is 0 Å². The number of nitrogens with zero attached hydrogens (tertiary/aromatic N) is 4. The molecule has 0 amide bonds. The molecule has 0 unspecified atom stereocenters. The molecule has 0 fully saturated rings. The topological polar surface area (TPSA) is 70.9 Å². The second-order valence-corrected chi connectivity index (χ2v) is 8.53. The lowest BCUT2D eigenvalue weighted by Crippen LogP contribution is -2.25. The third kappa shape index (κ3) is 4.61. The van der Waals surface area contributed by atoms with Gasteiger partial charge in [-0.1, -0.05) is 0 Å². The number of fused-ring (bicyclic) bond motifs is 1. The monoisotopic (exact) mass is 526 g/mol. The number of rotatable bonds is 9. The van der Waals surface area contributed by atoms with Crippen molar-refractivity contribution in [1.82, 2.24) is 14.5 Å². The molecule has 0 radical (unpaired) electrons. The molecule has 0 bridgehead atoms. The van der Waals surface area contributed by atoms with Crippen LogP contribution in [0.3, 0.4) is 0 Å². The van der Waals surface area contributed by atoms with E-state index < -0.39 is 0 Å². The van der Waals surface area contributed by atoms with E-state index in [1.165, 1.54) is 0 Å². The quantitative estimate of drug-likeness (QED) is 0.304. The lowest BCUT2D eigenvalue weighted by atomic mass is 10.1. The zero-order valence-electron chi connectivity index (χ0n) is 19.8. The number of halogens is 1. The molecular formula is C25H27BrN4O4. The van der Waals surface area contributed by atoms with E-state index in [1.54, 1.807) is 40.8 Å². The minimum Gasteiger partial charge on any atom is -0.497 e. The summed E-state index contributed by atoms with van der Waals surface area (Å²) in [5, 5.41) is 0. The zero-order chi connectivity index (χ0) is 24.2. The number of ether oxygens (including phenoxy) is 4. The zero-order valence-corrected chi connectivity index (χ0v) is 21.4. The number of aromatic nitrogens is 3. The molecule has 0 atom stereocenters. The van der Waals surface area contributed by atoms with Crippen molar-refractivity contribution in [3.05, 3.63) is 64.4 Å². The van der Waals surface area contributed by atoms with Crippen molar-refractivity contribution < 1.29 is 18.9 Å². The smallest absolute Gasteiger partial charge is 0.206 e. The van der Waals surface area contributed by atoms with Crippen molar-refractivity contribution in [2.24, 2.45) is 7.05 Å². The normalized spacial score (nSPS) is 10.9. The highest BCUT2D eigenvalue weighted by Gasteiger charge is 2.21. The van der Waals surface area contributed by atoms with Crippen LogP contribution in [0, 0.1) is 0 Å². The van der Waals surface area contributed by atoms with E-state index >= 15 is 0 Å². The van der Waals surface area contributed by atoms with Gasteiger partial charge in [0.05, 0.1) is 44.6 Å². The summed E-state index contributed by atoms with van der Waals surface area (Å²) in [5.41, 5.74) is 3.78. The van der Waals surface area contributed by atoms with Gasteiger partial charge < -0.3 is 28.4 Å². The van der Waals surface area contributed by atoms with Gasteiger partial charge in [0.1, 0.15) is 28.5 Å². The summed E-state index contributed by atoms with van der Waals surface area (Å²) in [6, 6.07) is 11.7. The van der Waals surface area contributed by atoms with E-state index in [4.69, 9.17) is 23.9 Å². The van der Waals surface area contributed by atoms with Crippen LogP contribution in [0.25, 0.3) is 11.0 Å². The van der Waals surface area contributed by atoms with Crippen LogP contribution in [-0.2, 0) is 20.1 Å². The maximum Gasteiger partial charge on any atom is 0.206 e. The number of methoxy groups -OCH3 is 4. The van der Waals surface area contributed by atoms with Crippen molar-refractivity contribution in [3.63, 3.8) is 0 Å². The summed E-state index contributed by atoms with van der Waals surface area (Å²) in [6.07, 6.45) is 3.54. The van der Waals surface area contributed by atoms with E-state index in [1.807, 2.05) is 43.4 Å². The van der Waals surface area contributed by atoms with Gasteiger partial charge in [-0.05, 0) is 40.2 Å². The second-order valence-electron chi connectivity index (χ2n) is 7.67. The van der Waals surface area contributed by atoms with E-state index in [0.717, 1.165) is 55.6 Å². The lowest BCUT2D eigenvalue weighted by molar-refractivity contribution is 0.389. The molecule has 0 spiro atoms. The molecular weight excluding hydrogens is 500 g/mol. The van der Waals surface area contributed by atoms with Crippen molar-refractivity contribution in [2.45, 2.75) is 13.1 Å². The first-order valence-corrected chi connectivity index (χ1v) is 11.4. The van der Waals surface area contributed by atoms with Crippen LogP contribution >= 0.6 is 15.9 Å². The highest BCUT2D eigenvalue weighted by molar-refractivity contribution is 9.10. The number of pyridine rings is 1. The summed E-state index contributed by atoms with van der Waals surface area (Å²) in [6.45, 7) is 1.09. The molecule has 0 aliphatic carbocycles. The number of imidazole rings is 1. The number of anilines is 1. The molecule has 0 aliphatic rings. The molecule has 0 aliphatic heterocycles. The Balaban J connectivity index is 1.81. The summed E-state index contributed by atoms with van der Waals surface area (Å²) < 4.78 is 25.0. The average Bonchev–Trinajstić information content (AvgIpc) is 3.21. The maximum absolute atomic E-state index is 5.67. The van der Waals surface area contributed by atoms with Crippen molar-refractivity contribution >= 4 is 32.9 Å². The van der Waals surface area contributed by atoms with Crippen molar-refractivity contribution in [1.29, 1.82) is 0 Å². The van der Waals surface area contributed by atoms with Crippen molar-refractivity contribution in [3.8, 4) is 23.0 Å². The van der Waals surface area contributed by atoms with Crippen LogP contribution in [0.5, 0.6) is 23.0 Å². The molecule has 9 heteroatoms. The van der Waals surface area contributed by atoms with Crippen molar-refractivity contribution in [2.75, 3.05) is 33.3 Å². The second kappa shape index (κ2) is 10.2. The Hall–Kier alpha value is -3.46. The molecule has 34 heavy (non-hydrogen) atoms. The minimum absolute atomic E-state index is 0.546. The van der Waals surface area contributed by atoms with Gasteiger partial charge in [-0.25, -0.2) is 4.98 Å². The SMILES string of the molecule is COc1ccc(CN(Cc2ccc(OC)cc2OC)c2nc3cncc(Br)c3n2C)c(OC)c1. The first kappa shape index (κ1) is 23.7. The van der Waals surface area contributed by atoms with Gasteiger partial charge in [-0.15, -0.1) is 0 Å². The van der Waals surface area contributed by atoms with Gasteiger partial charge in [0.2, 0.25) is 5.95 Å². The number of aryl methyl sites for hydroxylation is 1. The first-order valence-electron chi connectivity index (χ1n) is 10.6. The van der Waals surface area contributed by atoms with E-state index in [9.17, 15) is 0 Å². The molecule has 2 aromatic heterocycles. The van der Waals surface area contributed by atoms with Crippen LogP contribution < -0.4 is 23.8 Å². The van der Waals surface area contributed by atoms with E-state index in [2.05, 4.69) is 30.4 Å². The van der Waals surface area contributed by atoms with E-state index in [0.29, 0.717) is 13.1 Å². The predicted molar refractivity (Wildman–Crippen MR) is 135 cm³/mol. The van der Waals surface area contributed by atoms with Crippen LogP contribution in [-0.4, -0.2) is 43.0 Å². The van der Waals surface area contributed by atoms with Gasteiger partial charge in [-0.3, -0.25) is 4.98 Å². The Bertz CT molecular complexity index is 1250. The maximum atomic E-state index is 5.67. The van der Waals surface area contributed by atoms with Gasteiger partial charge in [0.25, 0.3) is 0 Å². The number of benzene rings is 2. The lowest BCUT2D eigenvalue weighted by Gasteiger charge is -2.26. The molecule has 0 saturated heterocycles. The fourth-order valence-electron chi connectivity index (χ4n) is 3.97. The summed E-state index contributed by atoms with van der Waals surface area (Å²) in [7, 11) is 8.60. The Labute approximate surface area is 207 Å². The highest BCUT2D eigenvalue weighted by atomic mass is 79.9. The van der Waals surface area contributed by atoms with Crippen LogP contribution in [0.4, 0.5) is 5.95 Å². The Morgan fingerprint density at radius 1 is 0.824 bits per heavy atom. The number of hydrogen-bond acceptors (Lipinski definition) is 7. The average molecular weight is 527 g/mol. The van der Waals surface area contributed by atoms with Crippen LogP contribution in [0.15, 0.2) is 53.3 Å². The molecule has 0 saturated carbocycles. The molecule has 2 heterocycles. The summed E-state index contributed by atoms with van der Waals surface area (Å²) in [4.78, 5) is 11.4. The van der Waals surface area contributed by atoms with Gasteiger partial charge in [0.15, 0.2) is 0 Å². The molecule has 178 valence electrons. The largest absolute Gasteiger partial charge is 0.497 e. The Morgan fingerprint density at radius 3 is 1.85 bits per heavy atom. The molecule has 4 aromatic rings. The fourth-order valence-corrected chi connectivity index (χ4v) is 4.56. The standard InChI is InChI=1S/C25H27BrN4O4/c1-29-24-20(26)12-27-13-21(24)28-25(29)30(14-16-6-8-18(31-2)10-22(16)33-4)15-17-7-9-19(32-3)11-23(17)34-5/h6-13H,14-15H2,1-5H3. The fraction of sp³-hybridized carbons (Fsp3) is 0.280. The Morgan fingerprint density at radius 2 is 1.38 bits per heavy atom. The third-order valence-corrected chi connectivity index (χ3v) is 6.28.